The Balaban J connectivity index is 0.907. The lowest BCUT2D eigenvalue weighted by Gasteiger charge is -2.36. The summed E-state index contributed by atoms with van der Waals surface area (Å²) in [7, 11) is -5.85. The molecule has 4 heterocycles. The molecule has 7 rings (SSSR count). The highest BCUT2D eigenvalue weighted by Gasteiger charge is 2.51. The van der Waals surface area contributed by atoms with Crippen LogP contribution in [0.4, 0.5) is 14.5 Å². The number of carbonyl (C=O) groups is 7. The number of aliphatic hydroxyl groups is 1. The number of amides is 7. The molecule has 442 valence electrons. The Hall–Kier alpha value is -6.23. The van der Waals surface area contributed by atoms with Gasteiger partial charge in [0.05, 0.1) is 11.0 Å². The number of aliphatic hydroxyl groups excluding tert-OH is 1. The minimum absolute atomic E-state index is 0.0344. The van der Waals surface area contributed by atoms with Gasteiger partial charge in [0.25, 0.3) is 5.91 Å². The van der Waals surface area contributed by atoms with Crippen LogP contribution in [-0.2, 0) is 45.5 Å². The van der Waals surface area contributed by atoms with Gasteiger partial charge in [-0.15, -0.1) is 11.3 Å². The van der Waals surface area contributed by atoms with Crippen LogP contribution in [0.5, 0.6) is 0 Å². The van der Waals surface area contributed by atoms with E-state index >= 15 is 0 Å². The molecule has 5 atom stereocenters. The Morgan fingerprint density at radius 1 is 0.829 bits per heavy atom. The Morgan fingerprint density at radius 2 is 1.49 bits per heavy atom. The monoisotopic (exact) mass is 1240 g/mol. The first-order valence-corrected chi connectivity index (χ1v) is 30.5. The van der Waals surface area contributed by atoms with Gasteiger partial charge in [-0.25, -0.2) is 0 Å². The highest BCUT2D eigenvalue weighted by atomic mass is 79.9. The van der Waals surface area contributed by atoms with E-state index in [0.717, 1.165) is 56.8 Å². The standard InChI is InChI=1S/C58H72BrF2N8O11PS/c1-34-42(23-26-62-34)36-15-13-35(14-16-36)32-64-51(73)44-31-41(70)33-69(44)55(77)49(56(2,3)4)65-48(72)12-8-9-25-63-47(71)24-28-67(40-20-18-39(59)19-21-40)53(75)43-11-10-27-68(43)54(76)50(57(5,6)7)66-52(74)46-30-37-29-38(17-22-45(37)82-46)58(60,61)81(78,79)80/h13-22,26,29-30,41,43-44,49-50,70H,8-12,23-25,27-28,31-33H2,1-7H3,(H,63,71)(H,64,73)(H,65,72)(H,66,74)(H2,78,79,80)/t41-,43+,44+,49-,50-/m1/s1. The first-order chi connectivity index (χ1) is 38.4. The number of thiophene rings is 1. The van der Waals surface area contributed by atoms with Crippen molar-refractivity contribution < 1.29 is 61.8 Å². The Bertz CT molecular complexity index is 3170. The third-order valence-electron chi connectivity index (χ3n) is 14.9. The molecule has 3 aliphatic heterocycles. The van der Waals surface area contributed by atoms with Crippen LogP contribution in [0.3, 0.4) is 0 Å². The largest absolute Gasteiger partial charge is 0.399 e. The van der Waals surface area contributed by atoms with Crippen LogP contribution in [-0.4, -0.2) is 129 Å². The fraction of sp³-hybridized carbons (Fsp3) is 0.483. The molecule has 2 saturated heterocycles. The van der Waals surface area contributed by atoms with Crippen LogP contribution in [0.25, 0.3) is 15.7 Å². The Morgan fingerprint density at radius 3 is 2.12 bits per heavy atom. The number of hydrogen-bond acceptors (Lipinski definition) is 11. The molecule has 2 fully saturated rings. The fourth-order valence-electron chi connectivity index (χ4n) is 10.2. The van der Waals surface area contributed by atoms with Crippen molar-refractivity contribution in [1.29, 1.82) is 0 Å². The molecule has 0 unspecified atom stereocenters. The van der Waals surface area contributed by atoms with Crippen molar-refractivity contribution in [2.45, 2.75) is 142 Å². The molecule has 0 spiro atoms. The number of benzene rings is 3. The minimum atomic E-state index is -5.85. The maximum atomic E-state index is 14.6. The van der Waals surface area contributed by atoms with Crippen LogP contribution >= 0.6 is 34.9 Å². The van der Waals surface area contributed by atoms with Gasteiger partial charge in [0.15, 0.2) is 0 Å². The average Bonchev–Trinajstić information content (AvgIpc) is 4.36. The SMILES string of the molecule is CC1=C(c2ccc(CNC(=O)[C@@H]3C[C@@H](O)CN3C(=O)[C@@H](NC(=O)CCCCNC(=O)CCN(C(=O)[C@@H]3CCCN3C(=O)[C@@H](NC(=O)c3cc4cc(C(F)(F)P(=O)(O)O)ccc4s3)C(C)(C)C)c3ccc(Br)cc3)C(C)(C)C)cc2)CC=N1. The molecule has 7 amide bonds. The molecular weight excluding hydrogens is 1170 g/mol. The lowest BCUT2D eigenvalue weighted by atomic mass is 9.85. The number of aliphatic imine (C=N–C) groups is 1. The van der Waals surface area contributed by atoms with Gasteiger partial charge in [0, 0.05) is 90.7 Å². The van der Waals surface area contributed by atoms with Crippen molar-refractivity contribution in [3.05, 3.63) is 105 Å². The third-order valence-corrected chi connectivity index (χ3v) is 17.5. The summed E-state index contributed by atoms with van der Waals surface area (Å²) in [6.07, 6.45) is 3.22. The number of nitrogens with one attached hydrogen (secondary N) is 4. The summed E-state index contributed by atoms with van der Waals surface area (Å²) in [5.41, 5.74) is -2.51. The van der Waals surface area contributed by atoms with Crippen molar-refractivity contribution in [3.63, 3.8) is 0 Å². The van der Waals surface area contributed by atoms with Crippen molar-refractivity contribution in [1.82, 2.24) is 31.1 Å². The van der Waals surface area contributed by atoms with E-state index in [-0.39, 0.29) is 68.2 Å². The average molecular weight is 1240 g/mol. The van der Waals surface area contributed by atoms with E-state index in [9.17, 15) is 61.8 Å². The van der Waals surface area contributed by atoms with Crippen LogP contribution in [0, 0.1) is 10.8 Å². The van der Waals surface area contributed by atoms with Gasteiger partial charge >= 0.3 is 13.3 Å². The highest BCUT2D eigenvalue weighted by Crippen LogP contribution is 2.59. The van der Waals surface area contributed by atoms with Crippen molar-refractivity contribution >= 4 is 104 Å². The van der Waals surface area contributed by atoms with Crippen molar-refractivity contribution in [2.75, 3.05) is 31.1 Å². The topological polar surface area (TPSA) is 267 Å². The third kappa shape index (κ3) is 15.3. The molecule has 1 aromatic heterocycles. The summed E-state index contributed by atoms with van der Waals surface area (Å²) < 4.78 is 41.8. The zero-order valence-electron chi connectivity index (χ0n) is 47.0. The Labute approximate surface area is 488 Å². The van der Waals surface area contributed by atoms with Gasteiger partial charge in [0.2, 0.25) is 35.4 Å². The molecule has 3 aromatic carbocycles. The van der Waals surface area contributed by atoms with Gasteiger partial charge in [-0.1, -0.05) is 87.8 Å². The number of β-amino-alcohol motifs (C(OH)–C–C–N with tert-alkyl or cyclic N) is 1. The summed E-state index contributed by atoms with van der Waals surface area (Å²) in [6.45, 7) is 13.1. The van der Waals surface area contributed by atoms with E-state index in [4.69, 9.17) is 0 Å². The lowest BCUT2D eigenvalue weighted by Crippen LogP contribution is -2.58. The van der Waals surface area contributed by atoms with Crippen molar-refractivity contribution in [3.8, 4) is 0 Å². The summed E-state index contributed by atoms with van der Waals surface area (Å²) in [4.78, 5) is 125. The fourth-order valence-corrected chi connectivity index (χ4v) is 11.9. The van der Waals surface area contributed by atoms with Crippen molar-refractivity contribution in [2.24, 2.45) is 15.8 Å². The van der Waals surface area contributed by atoms with Gasteiger partial charge in [-0.3, -0.25) is 43.1 Å². The second-order valence-electron chi connectivity index (χ2n) is 23.2. The van der Waals surface area contributed by atoms with Gasteiger partial charge in [-0.2, -0.15) is 8.78 Å². The first kappa shape index (κ1) is 63.4. The maximum Gasteiger partial charge on any atom is 0.399 e. The summed E-state index contributed by atoms with van der Waals surface area (Å²) >= 11 is 4.37. The number of nitrogens with zero attached hydrogens (tertiary/aromatic N) is 4. The lowest BCUT2D eigenvalue weighted by molar-refractivity contribution is -0.144. The quantitative estimate of drug-likeness (QED) is 0.0313. The number of fused-ring (bicyclic) bond motifs is 1. The number of likely N-dealkylation sites (tertiary alicyclic amines) is 2. The number of anilines is 1. The van der Waals surface area contributed by atoms with E-state index in [0.29, 0.717) is 36.1 Å². The second-order valence-corrected chi connectivity index (χ2v) is 26.8. The number of alkyl halides is 2. The summed E-state index contributed by atoms with van der Waals surface area (Å²) in [6, 6.07) is 15.0. The molecule has 24 heteroatoms. The molecular formula is C58H72BrF2N8O11PS. The molecule has 0 aliphatic carbocycles. The predicted molar refractivity (Wildman–Crippen MR) is 313 cm³/mol. The number of rotatable bonds is 21. The molecule has 19 nitrogen and oxygen atoms in total. The summed E-state index contributed by atoms with van der Waals surface area (Å²) in [5.74, 6) is -3.32. The highest BCUT2D eigenvalue weighted by molar-refractivity contribution is 9.10. The van der Waals surface area contributed by atoms with E-state index in [2.05, 4.69) is 42.2 Å². The molecule has 0 saturated carbocycles. The first-order valence-electron chi connectivity index (χ1n) is 27.2. The van der Waals surface area contributed by atoms with Crippen LogP contribution in [0.15, 0.2) is 88.0 Å². The van der Waals surface area contributed by atoms with E-state index < -0.39 is 95.4 Å². The number of unbranched alkanes of at least 4 members (excludes halogenated alkanes) is 1. The van der Waals surface area contributed by atoms with E-state index in [1.54, 1.807) is 65.8 Å². The van der Waals surface area contributed by atoms with Crippen LogP contribution in [0.1, 0.15) is 126 Å². The van der Waals surface area contributed by atoms with Crippen LogP contribution in [0.2, 0.25) is 0 Å². The molecule has 3 aliphatic rings. The normalized spacial score (nSPS) is 18.4. The predicted octanol–water partition coefficient (Wildman–Crippen LogP) is 7.75. The zero-order chi connectivity index (χ0) is 60.1. The van der Waals surface area contributed by atoms with Crippen LogP contribution < -0.4 is 26.2 Å². The number of halogens is 3. The maximum absolute atomic E-state index is 14.6. The number of hydrogen-bond donors (Lipinski definition) is 7. The minimum Gasteiger partial charge on any atom is -0.391 e. The number of allylic oxidation sites excluding steroid dienone is 2. The van der Waals surface area contributed by atoms with Gasteiger partial charge in [0.1, 0.15) is 24.2 Å². The second kappa shape index (κ2) is 26.1. The van der Waals surface area contributed by atoms with Gasteiger partial charge in [-0.05, 0) is 108 Å². The smallest absolute Gasteiger partial charge is 0.391 e. The Kier molecular flexibility index (Phi) is 20.2. The summed E-state index contributed by atoms with van der Waals surface area (Å²) in [5, 5.41) is 22.2. The van der Waals surface area contributed by atoms with Gasteiger partial charge < -0.3 is 50.9 Å². The molecule has 7 N–H and O–H groups in total. The molecule has 4 aromatic rings. The molecule has 82 heavy (non-hydrogen) atoms. The number of carbonyl (C=O) groups excluding carboxylic acids is 7. The zero-order valence-corrected chi connectivity index (χ0v) is 50.3. The molecule has 0 radical (unpaired) electrons. The van der Waals surface area contributed by atoms with E-state index in [1.165, 1.54) is 26.8 Å². The van der Waals surface area contributed by atoms with E-state index in [1.807, 2.05) is 37.4 Å². The molecule has 0 bridgehead atoms.